The molecule has 1 rings (SSSR count). The van der Waals surface area contributed by atoms with Crippen molar-refractivity contribution in [3.8, 4) is 0 Å². The summed E-state index contributed by atoms with van der Waals surface area (Å²) in [4.78, 5) is 4.28. The first kappa shape index (κ1) is 12.1. The van der Waals surface area contributed by atoms with Crippen LogP contribution >= 0.6 is 0 Å². The van der Waals surface area contributed by atoms with Gasteiger partial charge in [-0.3, -0.25) is 0 Å². The van der Waals surface area contributed by atoms with Crippen LogP contribution in [0.3, 0.4) is 0 Å². The molecular formula is C10H19N3O2. The van der Waals surface area contributed by atoms with Gasteiger partial charge in [0.05, 0.1) is 0 Å². The van der Waals surface area contributed by atoms with Crippen molar-refractivity contribution in [2.24, 2.45) is 5.73 Å². The van der Waals surface area contributed by atoms with E-state index in [4.69, 9.17) is 15.0 Å². The van der Waals surface area contributed by atoms with Crippen LogP contribution in [0.2, 0.25) is 0 Å². The van der Waals surface area contributed by atoms with Crippen LogP contribution in [0.4, 0.5) is 0 Å². The van der Waals surface area contributed by atoms with Crippen molar-refractivity contribution < 1.29 is 9.26 Å². The predicted octanol–water partition coefficient (Wildman–Crippen LogP) is 0.930. The van der Waals surface area contributed by atoms with Gasteiger partial charge < -0.3 is 15.0 Å². The number of hydrogen-bond acceptors (Lipinski definition) is 5. The monoisotopic (exact) mass is 213 g/mol. The zero-order chi connectivity index (χ0) is 10.9. The normalized spacial score (nSPS) is 10.8. The van der Waals surface area contributed by atoms with Gasteiger partial charge in [-0.05, 0) is 25.8 Å². The van der Waals surface area contributed by atoms with E-state index in [1.807, 2.05) is 0 Å². The molecule has 0 atom stereocenters. The van der Waals surface area contributed by atoms with Crippen LogP contribution in [-0.4, -0.2) is 30.4 Å². The summed E-state index contributed by atoms with van der Waals surface area (Å²) in [5.74, 6) is 1.49. The van der Waals surface area contributed by atoms with Crippen molar-refractivity contribution in [1.82, 2.24) is 10.1 Å². The molecule has 0 unspecified atom stereocenters. The first-order chi connectivity index (χ1) is 7.36. The number of nitrogens with two attached hydrogens (primary N) is 1. The van der Waals surface area contributed by atoms with E-state index in [0.29, 0.717) is 0 Å². The van der Waals surface area contributed by atoms with E-state index in [1.165, 1.54) is 0 Å². The maximum Gasteiger partial charge on any atom is 0.226 e. The van der Waals surface area contributed by atoms with E-state index < -0.39 is 0 Å². The van der Waals surface area contributed by atoms with Gasteiger partial charge in [-0.2, -0.15) is 4.98 Å². The van der Waals surface area contributed by atoms with E-state index in [9.17, 15) is 0 Å². The minimum absolute atomic E-state index is 0.717. The van der Waals surface area contributed by atoms with Crippen LogP contribution in [0.1, 0.15) is 31.0 Å². The molecule has 15 heavy (non-hydrogen) atoms. The molecule has 2 N–H and O–H groups in total. The Hall–Kier alpha value is -0.940. The summed E-state index contributed by atoms with van der Waals surface area (Å²) in [6.07, 6.45) is 4.58. The molecule has 0 amide bonds. The zero-order valence-electron chi connectivity index (χ0n) is 9.24. The van der Waals surface area contributed by atoms with Gasteiger partial charge in [-0.25, -0.2) is 0 Å². The van der Waals surface area contributed by atoms with Crippen molar-refractivity contribution >= 4 is 0 Å². The number of aryl methyl sites for hydroxylation is 2. The number of nitrogens with zero attached hydrogens (tertiary/aromatic N) is 2. The first-order valence-electron chi connectivity index (χ1n) is 5.37. The van der Waals surface area contributed by atoms with E-state index >= 15 is 0 Å². The summed E-state index contributed by atoms with van der Waals surface area (Å²) in [6, 6.07) is 0. The molecule has 86 valence electrons. The number of hydrogen-bond donors (Lipinski definition) is 1. The van der Waals surface area contributed by atoms with Gasteiger partial charge in [0, 0.05) is 26.6 Å². The van der Waals surface area contributed by atoms with Crippen molar-refractivity contribution in [2.45, 2.75) is 32.1 Å². The Labute approximate surface area is 90.0 Å². The van der Waals surface area contributed by atoms with Crippen LogP contribution in [0.5, 0.6) is 0 Å². The topological polar surface area (TPSA) is 74.2 Å². The van der Waals surface area contributed by atoms with Crippen LogP contribution in [0.15, 0.2) is 4.52 Å². The smallest absolute Gasteiger partial charge is 0.226 e. The van der Waals surface area contributed by atoms with E-state index in [-0.39, 0.29) is 0 Å². The molecule has 0 fully saturated rings. The van der Waals surface area contributed by atoms with Gasteiger partial charge >= 0.3 is 0 Å². The minimum atomic E-state index is 0.717. The molecule has 5 nitrogen and oxygen atoms in total. The van der Waals surface area contributed by atoms with Gasteiger partial charge in [0.15, 0.2) is 5.82 Å². The zero-order valence-corrected chi connectivity index (χ0v) is 9.24. The highest BCUT2D eigenvalue weighted by Crippen LogP contribution is 2.04. The number of rotatable bonds is 8. The summed E-state index contributed by atoms with van der Waals surface area (Å²) < 4.78 is 10.0. The van der Waals surface area contributed by atoms with Crippen LogP contribution < -0.4 is 5.73 Å². The second kappa shape index (κ2) is 7.36. The van der Waals surface area contributed by atoms with Crippen LogP contribution in [0.25, 0.3) is 0 Å². The summed E-state index contributed by atoms with van der Waals surface area (Å²) >= 11 is 0. The third-order valence-electron chi connectivity index (χ3n) is 2.10. The Morgan fingerprint density at radius 1 is 1.27 bits per heavy atom. The lowest BCUT2D eigenvalue weighted by Gasteiger charge is -1.93. The molecule has 5 heteroatoms. The molecule has 0 aliphatic rings. The van der Waals surface area contributed by atoms with Gasteiger partial charge in [0.25, 0.3) is 0 Å². The molecule has 1 heterocycles. The second-order valence-corrected chi connectivity index (χ2v) is 3.45. The first-order valence-corrected chi connectivity index (χ1v) is 5.37. The highest BCUT2D eigenvalue weighted by molar-refractivity contribution is 4.86. The Morgan fingerprint density at radius 2 is 2.13 bits per heavy atom. The van der Waals surface area contributed by atoms with Gasteiger partial charge in [0.1, 0.15) is 0 Å². The summed E-state index contributed by atoms with van der Waals surface area (Å²) in [5.41, 5.74) is 5.40. The third-order valence-corrected chi connectivity index (χ3v) is 2.10. The van der Waals surface area contributed by atoms with E-state index in [1.54, 1.807) is 7.11 Å². The summed E-state index contributed by atoms with van der Waals surface area (Å²) in [6.45, 7) is 1.45. The largest absolute Gasteiger partial charge is 0.385 e. The van der Waals surface area contributed by atoms with Crippen molar-refractivity contribution in [2.75, 3.05) is 20.3 Å². The van der Waals surface area contributed by atoms with Crippen molar-refractivity contribution in [3.63, 3.8) is 0 Å². The average molecular weight is 213 g/mol. The lowest BCUT2D eigenvalue weighted by Crippen LogP contribution is -1.99. The Kier molecular flexibility index (Phi) is 5.96. The van der Waals surface area contributed by atoms with Crippen LogP contribution in [-0.2, 0) is 17.6 Å². The quantitative estimate of drug-likeness (QED) is 0.650. The molecule has 0 spiro atoms. The second-order valence-electron chi connectivity index (χ2n) is 3.45. The molecule has 0 radical (unpaired) electrons. The molecule has 0 aromatic carbocycles. The number of unbranched alkanes of at least 4 members (excludes halogenated alkanes) is 1. The fourth-order valence-electron chi connectivity index (χ4n) is 1.29. The van der Waals surface area contributed by atoms with E-state index in [0.717, 1.165) is 57.0 Å². The predicted molar refractivity (Wildman–Crippen MR) is 56.5 cm³/mol. The molecule has 1 aromatic heterocycles. The summed E-state index contributed by atoms with van der Waals surface area (Å²) in [7, 11) is 1.69. The molecule has 1 aromatic rings. The van der Waals surface area contributed by atoms with Gasteiger partial charge in [-0.15, -0.1) is 0 Å². The van der Waals surface area contributed by atoms with Crippen molar-refractivity contribution in [3.05, 3.63) is 11.7 Å². The fraction of sp³-hybridized carbons (Fsp3) is 0.800. The van der Waals surface area contributed by atoms with Gasteiger partial charge in [0.2, 0.25) is 5.89 Å². The standard InChI is InChI=1S/C10H19N3O2/c1-14-8-4-5-9-12-10(15-13-9)6-2-3-7-11/h2-8,11H2,1H3. The molecule has 0 bridgehead atoms. The lowest BCUT2D eigenvalue weighted by atomic mass is 10.2. The maximum absolute atomic E-state index is 5.40. The number of methoxy groups -OCH3 is 1. The SMILES string of the molecule is COCCCc1noc(CCCCN)n1. The number of aromatic nitrogens is 2. The van der Waals surface area contributed by atoms with Crippen LogP contribution in [0, 0.1) is 0 Å². The Bertz CT molecular complexity index is 238. The van der Waals surface area contributed by atoms with E-state index in [2.05, 4.69) is 10.1 Å². The van der Waals surface area contributed by atoms with Gasteiger partial charge in [-0.1, -0.05) is 5.16 Å². The molecule has 0 aliphatic heterocycles. The fourth-order valence-corrected chi connectivity index (χ4v) is 1.29. The summed E-state index contributed by atoms with van der Waals surface area (Å²) in [5, 5.41) is 3.89. The molecule has 0 saturated carbocycles. The average Bonchev–Trinajstić information content (AvgIpc) is 2.67. The molecule has 0 aliphatic carbocycles. The Balaban J connectivity index is 2.23. The lowest BCUT2D eigenvalue weighted by molar-refractivity contribution is 0.194. The van der Waals surface area contributed by atoms with Crippen molar-refractivity contribution in [1.29, 1.82) is 0 Å². The highest BCUT2D eigenvalue weighted by Gasteiger charge is 2.05. The highest BCUT2D eigenvalue weighted by atomic mass is 16.5. The third kappa shape index (κ3) is 4.90. The Morgan fingerprint density at radius 3 is 2.87 bits per heavy atom. The number of ether oxygens (including phenoxy) is 1. The maximum atomic E-state index is 5.40. The minimum Gasteiger partial charge on any atom is -0.385 e. The molecule has 0 saturated heterocycles. The molecular weight excluding hydrogens is 194 g/mol.